The van der Waals surface area contributed by atoms with Crippen molar-refractivity contribution in [3.8, 4) is 11.5 Å². The second-order valence-corrected chi connectivity index (χ2v) is 7.85. The number of hydrogen-bond acceptors (Lipinski definition) is 7. The molecule has 0 saturated heterocycles. The minimum atomic E-state index is -0.371. The van der Waals surface area contributed by atoms with E-state index in [2.05, 4.69) is 15.3 Å². The summed E-state index contributed by atoms with van der Waals surface area (Å²) in [6, 6.07) is 14.6. The molecule has 0 fully saturated rings. The van der Waals surface area contributed by atoms with Crippen LogP contribution in [0.5, 0.6) is 11.5 Å². The quantitative estimate of drug-likeness (QED) is 0.460. The lowest BCUT2D eigenvalue weighted by Gasteiger charge is -2.12. The number of carbonyl (C=O) groups excluding carboxylic acids is 1. The molecule has 0 atom stereocenters. The molecule has 2 aromatic heterocycles. The molecule has 8 heteroatoms. The molecule has 34 heavy (non-hydrogen) atoms. The fourth-order valence-electron chi connectivity index (χ4n) is 3.87. The summed E-state index contributed by atoms with van der Waals surface area (Å²) < 4.78 is 16.9. The van der Waals surface area contributed by atoms with Gasteiger partial charge in [-0.2, -0.15) is 0 Å². The summed E-state index contributed by atoms with van der Waals surface area (Å²) in [5, 5.41) is 13.4. The number of aliphatic hydroxyl groups is 1. The predicted octanol–water partition coefficient (Wildman–Crippen LogP) is 4.40. The molecule has 8 nitrogen and oxygen atoms in total. The monoisotopic (exact) mass is 457 g/mol. The molecule has 1 aliphatic rings. The maximum Gasteiger partial charge on any atom is 0.261 e. The summed E-state index contributed by atoms with van der Waals surface area (Å²) in [6.07, 6.45) is 2.35. The van der Waals surface area contributed by atoms with Gasteiger partial charge in [0.1, 0.15) is 5.56 Å². The number of benzene rings is 2. The number of para-hydroxylation sites is 1. The molecule has 2 aromatic carbocycles. The van der Waals surface area contributed by atoms with Crippen LogP contribution in [0.2, 0.25) is 0 Å². The lowest BCUT2D eigenvalue weighted by atomic mass is 10.1. The van der Waals surface area contributed by atoms with Crippen LogP contribution in [0.25, 0.3) is 11.0 Å². The average molecular weight is 457 g/mol. The Morgan fingerprint density at radius 2 is 1.94 bits per heavy atom. The third-order valence-electron chi connectivity index (χ3n) is 5.70. The van der Waals surface area contributed by atoms with Crippen LogP contribution in [0.4, 0.5) is 11.4 Å². The van der Waals surface area contributed by atoms with E-state index >= 15 is 0 Å². The maximum atomic E-state index is 13.5. The third-order valence-corrected chi connectivity index (χ3v) is 5.70. The number of aliphatic hydroxyl groups excluding tert-OH is 1. The third kappa shape index (κ3) is 3.99. The number of carbonyl (C=O) groups is 1. The van der Waals surface area contributed by atoms with E-state index in [4.69, 9.17) is 13.9 Å². The lowest BCUT2D eigenvalue weighted by Crippen LogP contribution is -2.22. The Kier molecular flexibility index (Phi) is 5.73. The van der Waals surface area contributed by atoms with E-state index in [0.29, 0.717) is 39.4 Å². The first-order valence-electron chi connectivity index (χ1n) is 10.9. The number of aromatic nitrogens is 1. The minimum Gasteiger partial charge on any atom is -0.454 e. The molecule has 3 heterocycles. The van der Waals surface area contributed by atoms with Gasteiger partial charge in [-0.15, -0.1) is 0 Å². The van der Waals surface area contributed by atoms with Crippen molar-refractivity contribution in [2.75, 3.05) is 12.1 Å². The van der Waals surface area contributed by atoms with Crippen molar-refractivity contribution in [2.24, 2.45) is 4.99 Å². The summed E-state index contributed by atoms with van der Waals surface area (Å²) in [5.41, 5.74) is 4.26. The number of ether oxygens (including phenoxy) is 2. The zero-order chi connectivity index (χ0) is 23.7. The predicted molar refractivity (Wildman–Crippen MR) is 126 cm³/mol. The number of fused-ring (bicyclic) bond motifs is 2. The lowest BCUT2D eigenvalue weighted by molar-refractivity contribution is 0.102. The van der Waals surface area contributed by atoms with Gasteiger partial charge in [0.15, 0.2) is 17.1 Å². The molecule has 1 aliphatic heterocycles. The Labute approximate surface area is 195 Å². The largest absolute Gasteiger partial charge is 0.454 e. The zero-order valence-electron chi connectivity index (χ0n) is 18.8. The molecule has 5 rings (SSSR count). The van der Waals surface area contributed by atoms with Crippen LogP contribution in [-0.4, -0.2) is 22.8 Å². The number of pyridine rings is 1. The molecule has 0 spiro atoms. The Morgan fingerprint density at radius 3 is 2.76 bits per heavy atom. The number of nitrogens with zero attached hydrogens (tertiary/aromatic N) is 2. The first-order valence-corrected chi connectivity index (χ1v) is 10.9. The normalized spacial score (nSPS) is 12.9. The van der Waals surface area contributed by atoms with Crippen molar-refractivity contribution in [1.29, 1.82) is 0 Å². The highest BCUT2D eigenvalue weighted by atomic mass is 16.7. The van der Waals surface area contributed by atoms with E-state index in [1.165, 1.54) is 0 Å². The number of rotatable bonds is 5. The molecule has 2 N–H and O–H groups in total. The topological polar surface area (TPSA) is 106 Å². The Hall–Kier alpha value is -4.17. The van der Waals surface area contributed by atoms with Crippen molar-refractivity contribution in [2.45, 2.75) is 26.9 Å². The fraction of sp³-hybridized carbons (Fsp3) is 0.192. The van der Waals surface area contributed by atoms with E-state index in [0.717, 1.165) is 17.7 Å². The van der Waals surface area contributed by atoms with Crippen LogP contribution in [-0.2, 0) is 13.0 Å². The van der Waals surface area contributed by atoms with Gasteiger partial charge in [-0.05, 0) is 43.2 Å². The van der Waals surface area contributed by atoms with Crippen molar-refractivity contribution < 1.29 is 23.8 Å². The van der Waals surface area contributed by atoms with Gasteiger partial charge >= 0.3 is 0 Å². The Morgan fingerprint density at radius 1 is 1.12 bits per heavy atom. The second kappa shape index (κ2) is 8.99. The molecule has 0 saturated carbocycles. The Balaban J connectivity index is 1.69. The molecule has 4 aromatic rings. The van der Waals surface area contributed by atoms with Crippen molar-refractivity contribution in [1.82, 2.24) is 4.98 Å². The van der Waals surface area contributed by atoms with Crippen LogP contribution in [0.15, 0.2) is 64.1 Å². The standard InChI is InChI=1S/C26H23N3O5/c1-3-16-6-4-5-7-21(16)29-25(31)20-11-19-17(13-30)12-27-15(2)24(19)34-26(20)28-18-8-9-22-23(10-18)33-14-32-22/h4-12,30H,3,13-14H2,1-2H3,(H,29,31). The van der Waals surface area contributed by atoms with Crippen molar-refractivity contribution in [3.63, 3.8) is 0 Å². The second-order valence-electron chi connectivity index (χ2n) is 7.85. The van der Waals surface area contributed by atoms with Crippen LogP contribution in [0.3, 0.4) is 0 Å². The average Bonchev–Trinajstić information content (AvgIpc) is 3.32. The molecule has 0 aliphatic carbocycles. The summed E-state index contributed by atoms with van der Waals surface area (Å²) in [7, 11) is 0. The van der Waals surface area contributed by atoms with Crippen LogP contribution >= 0.6 is 0 Å². The van der Waals surface area contributed by atoms with Gasteiger partial charge in [-0.3, -0.25) is 9.78 Å². The van der Waals surface area contributed by atoms with Gasteiger partial charge in [-0.25, -0.2) is 4.99 Å². The number of nitrogens with one attached hydrogen (secondary N) is 1. The molecule has 172 valence electrons. The summed E-state index contributed by atoms with van der Waals surface area (Å²) >= 11 is 0. The molecule has 0 bridgehead atoms. The number of aryl methyl sites for hydroxylation is 2. The van der Waals surface area contributed by atoms with Gasteiger partial charge in [0.2, 0.25) is 12.3 Å². The van der Waals surface area contributed by atoms with E-state index in [-0.39, 0.29) is 30.4 Å². The van der Waals surface area contributed by atoms with Crippen molar-refractivity contribution in [3.05, 3.63) is 82.7 Å². The summed E-state index contributed by atoms with van der Waals surface area (Å²) in [5.74, 6) is 0.839. The van der Waals surface area contributed by atoms with E-state index < -0.39 is 0 Å². The van der Waals surface area contributed by atoms with Crippen LogP contribution in [0.1, 0.15) is 34.1 Å². The SMILES string of the molecule is CCc1ccccc1NC(=O)c1cc2c(CO)cnc(C)c2oc1=Nc1ccc2c(c1)OCO2. The van der Waals surface area contributed by atoms with Crippen LogP contribution in [0, 0.1) is 6.92 Å². The highest BCUT2D eigenvalue weighted by molar-refractivity contribution is 6.06. The number of anilines is 1. The van der Waals surface area contributed by atoms with Gasteiger partial charge in [0.25, 0.3) is 5.91 Å². The van der Waals surface area contributed by atoms with E-state index in [1.807, 2.05) is 31.2 Å². The molecular formula is C26H23N3O5. The summed E-state index contributed by atoms with van der Waals surface area (Å²) in [6.45, 7) is 3.74. The highest BCUT2D eigenvalue weighted by Crippen LogP contribution is 2.35. The van der Waals surface area contributed by atoms with Crippen LogP contribution < -0.4 is 20.3 Å². The van der Waals surface area contributed by atoms with Gasteiger partial charge in [-0.1, -0.05) is 25.1 Å². The minimum absolute atomic E-state index is 0.123. The smallest absolute Gasteiger partial charge is 0.261 e. The van der Waals surface area contributed by atoms with E-state index in [9.17, 15) is 9.90 Å². The molecular weight excluding hydrogens is 434 g/mol. The molecule has 0 radical (unpaired) electrons. The van der Waals surface area contributed by atoms with Gasteiger partial charge < -0.3 is 24.3 Å². The highest BCUT2D eigenvalue weighted by Gasteiger charge is 2.18. The maximum absolute atomic E-state index is 13.5. The van der Waals surface area contributed by atoms with Gasteiger partial charge in [0, 0.05) is 28.9 Å². The van der Waals surface area contributed by atoms with Crippen molar-refractivity contribution >= 4 is 28.3 Å². The number of hydrogen-bond donors (Lipinski definition) is 2. The first-order chi connectivity index (χ1) is 16.6. The first kappa shape index (κ1) is 21.7. The molecule has 0 unspecified atom stereocenters. The van der Waals surface area contributed by atoms with E-state index in [1.54, 1.807) is 37.4 Å². The fourth-order valence-corrected chi connectivity index (χ4v) is 3.87. The molecule has 1 amide bonds. The number of amides is 1. The zero-order valence-corrected chi connectivity index (χ0v) is 18.8. The summed E-state index contributed by atoms with van der Waals surface area (Å²) in [4.78, 5) is 22.4. The van der Waals surface area contributed by atoms with Gasteiger partial charge in [0.05, 0.1) is 18.0 Å². The Bertz CT molecular complexity index is 1480.